The topological polar surface area (TPSA) is 270 Å². The standard InChI is InChI=1S/C32H40N10O8S/c33-51(49,50)22-8-6-19(7-9-22)36-32(48)37-20-10-11-41(14-20)31-39-29(35-21(15-43)12-18-4-2-1-3-5-18)26-30(40-31)42(17-34-26)24-13-23(27(46)28(24)47)38-25(45)16-44/h1-9,17,20-21,23-24,27-28,43-44,46-47H,10-16H2,(H,38,45)(H2,33,49,50)(H,35,39,40)(H2,36,37,48)/t20-,21+,23?,24-,27-,28+/m1/s1. The summed E-state index contributed by atoms with van der Waals surface area (Å²) in [4.78, 5) is 40.6. The van der Waals surface area contributed by atoms with Crippen molar-refractivity contribution in [3.63, 3.8) is 0 Å². The van der Waals surface area contributed by atoms with Crippen molar-refractivity contribution in [1.82, 2.24) is 30.2 Å². The Balaban J connectivity index is 1.24. The molecule has 2 fully saturated rings. The molecule has 51 heavy (non-hydrogen) atoms. The van der Waals surface area contributed by atoms with Gasteiger partial charge in [-0.25, -0.2) is 23.3 Å². The molecule has 3 amide bonds. The van der Waals surface area contributed by atoms with Gasteiger partial charge in [-0.3, -0.25) is 4.79 Å². The van der Waals surface area contributed by atoms with E-state index in [0.29, 0.717) is 54.5 Å². The van der Waals surface area contributed by atoms with Crippen molar-refractivity contribution in [3.05, 3.63) is 66.5 Å². The molecule has 6 atom stereocenters. The van der Waals surface area contributed by atoms with Crippen LogP contribution in [0.15, 0.2) is 65.8 Å². The molecule has 272 valence electrons. The minimum atomic E-state index is -3.87. The number of nitrogens with zero attached hydrogens (tertiary/aromatic N) is 5. The van der Waals surface area contributed by atoms with Crippen molar-refractivity contribution in [1.29, 1.82) is 0 Å². The second kappa shape index (κ2) is 15.1. The number of hydrogen-bond acceptors (Lipinski definition) is 13. The van der Waals surface area contributed by atoms with E-state index in [2.05, 4.69) is 26.3 Å². The number of anilines is 3. The van der Waals surface area contributed by atoms with E-state index in [4.69, 9.17) is 15.1 Å². The fourth-order valence-electron chi connectivity index (χ4n) is 6.46. The van der Waals surface area contributed by atoms with Gasteiger partial charge in [0.1, 0.15) is 18.8 Å². The Morgan fingerprint density at radius 3 is 2.43 bits per heavy atom. The first-order valence-corrected chi connectivity index (χ1v) is 17.9. The van der Waals surface area contributed by atoms with Crippen molar-refractivity contribution >= 4 is 50.6 Å². The third-order valence-corrected chi connectivity index (χ3v) is 9.97. The van der Waals surface area contributed by atoms with Gasteiger partial charge >= 0.3 is 6.03 Å². The fourth-order valence-corrected chi connectivity index (χ4v) is 6.98. The molecule has 1 aliphatic carbocycles. The predicted molar refractivity (Wildman–Crippen MR) is 185 cm³/mol. The number of benzene rings is 2. The van der Waals surface area contributed by atoms with Crippen molar-refractivity contribution in [2.45, 2.75) is 60.5 Å². The Kier molecular flexibility index (Phi) is 10.6. The Hall–Kier alpha value is -4.92. The van der Waals surface area contributed by atoms with Gasteiger partial charge in [-0.15, -0.1) is 0 Å². The second-order valence-electron chi connectivity index (χ2n) is 12.6. The molecule has 0 spiro atoms. The zero-order valence-corrected chi connectivity index (χ0v) is 28.1. The van der Waals surface area contributed by atoms with Crippen LogP contribution >= 0.6 is 0 Å². The van der Waals surface area contributed by atoms with E-state index in [1.54, 1.807) is 4.57 Å². The molecule has 1 unspecified atom stereocenters. The average Bonchev–Trinajstić information content (AvgIpc) is 3.82. The van der Waals surface area contributed by atoms with Crippen LogP contribution in [0.2, 0.25) is 0 Å². The van der Waals surface area contributed by atoms with Crippen LogP contribution in [0.1, 0.15) is 24.4 Å². The molecule has 18 nitrogen and oxygen atoms in total. The third-order valence-electron chi connectivity index (χ3n) is 9.04. The van der Waals surface area contributed by atoms with Gasteiger partial charge in [0.15, 0.2) is 17.0 Å². The Morgan fingerprint density at radius 2 is 1.75 bits per heavy atom. The SMILES string of the molecule is NS(=O)(=O)c1ccc(NC(=O)N[C@@H]2CCN(c3nc(N[C@H](CO)Cc4ccccc4)c4ncn([C@@H]5CC(NC(=O)CO)[C@@H](O)[C@H]5O)c4n3)C2)cc1. The van der Waals surface area contributed by atoms with Crippen molar-refractivity contribution in [2.75, 3.05) is 41.8 Å². The number of amides is 3. The van der Waals surface area contributed by atoms with Crippen LogP contribution < -0.4 is 31.3 Å². The Bertz CT molecular complexity index is 1960. The molecule has 1 saturated carbocycles. The molecule has 0 radical (unpaired) electrons. The second-order valence-corrected chi connectivity index (χ2v) is 14.2. The van der Waals surface area contributed by atoms with Gasteiger partial charge in [0, 0.05) is 24.8 Å². The minimum Gasteiger partial charge on any atom is -0.394 e. The van der Waals surface area contributed by atoms with Gasteiger partial charge in [-0.2, -0.15) is 9.97 Å². The smallest absolute Gasteiger partial charge is 0.319 e. The monoisotopic (exact) mass is 724 g/mol. The van der Waals surface area contributed by atoms with Gasteiger partial charge in [0.2, 0.25) is 21.9 Å². The number of aromatic nitrogens is 4. The molecule has 1 aliphatic heterocycles. The zero-order chi connectivity index (χ0) is 36.3. The summed E-state index contributed by atoms with van der Waals surface area (Å²) in [6, 6.07) is 12.3. The van der Waals surface area contributed by atoms with Gasteiger partial charge in [0.25, 0.3) is 0 Å². The van der Waals surface area contributed by atoms with E-state index in [-0.39, 0.29) is 24.0 Å². The lowest BCUT2D eigenvalue weighted by atomic mass is 10.1. The molecule has 4 aromatic rings. The molecule has 3 heterocycles. The van der Waals surface area contributed by atoms with Crippen LogP contribution in [0.4, 0.5) is 22.2 Å². The zero-order valence-electron chi connectivity index (χ0n) is 27.3. The minimum absolute atomic E-state index is 0.0793. The van der Waals surface area contributed by atoms with E-state index in [1.165, 1.54) is 30.6 Å². The Labute approximate surface area is 292 Å². The molecule has 2 aromatic heterocycles. The predicted octanol–water partition coefficient (Wildman–Crippen LogP) is -0.967. The lowest BCUT2D eigenvalue weighted by Crippen LogP contribution is -2.44. The van der Waals surface area contributed by atoms with Crippen LogP contribution in [0.25, 0.3) is 11.2 Å². The summed E-state index contributed by atoms with van der Waals surface area (Å²) in [5, 5.41) is 57.8. The fraction of sp³-hybridized carbons (Fsp3) is 0.406. The molecule has 2 aliphatic rings. The molecule has 2 aromatic carbocycles. The lowest BCUT2D eigenvalue weighted by Gasteiger charge is -2.22. The summed E-state index contributed by atoms with van der Waals surface area (Å²) >= 11 is 0. The number of rotatable bonds is 12. The number of hydrogen-bond donors (Lipinski definition) is 9. The number of nitrogens with one attached hydrogen (secondary N) is 4. The van der Waals surface area contributed by atoms with Crippen LogP contribution in [-0.4, -0.2) is 117 Å². The van der Waals surface area contributed by atoms with E-state index in [0.717, 1.165) is 5.56 Å². The number of carbonyl (C=O) groups excluding carboxylic acids is 2. The molecular formula is C32H40N10O8S. The van der Waals surface area contributed by atoms with Gasteiger partial charge in [0.05, 0.1) is 36.0 Å². The number of nitrogens with two attached hydrogens (primary N) is 1. The first kappa shape index (κ1) is 35.9. The van der Waals surface area contributed by atoms with Crippen LogP contribution in [0.5, 0.6) is 0 Å². The van der Waals surface area contributed by atoms with E-state index in [1.807, 2.05) is 35.2 Å². The number of sulfonamides is 1. The summed E-state index contributed by atoms with van der Waals surface area (Å²) < 4.78 is 24.7. The number of aliphatic hydroxyl groups is 4. The summed E-state index contributed by atoms with van der Waals surface area (Å²) in [6.07, 6.45) is 0.0335. The largest absolute Gasteiger partial charge is 0.394 e. The van der Waals surface area contributed by atoms with Crippen molar-refractivity contribution in [2.24, 2.45) is 5.14 Å². The number of carbonyl (C=O) groups is 2. The van der Waals surface area contributed by atoms with E-state index >= 15 is 0 Å². The molecule has 10 N–H and O–H groups in total. The average molecular weight is 725 g/mol. The third kappa shape index (κ3) is 8.19. The lowest BCUT2D eigenvalue weighted by molar-refractivity contribution is -0.125. The summed E-state index contributed by atoms with van der Waals surface area (Å²) in [5.74, 6) is -0.0543. The van der Waals surface area contributed by atoms with Crippen LogP contribution in [0.3, 0.4) is 0 Å². The molecule has 19 heteroatoms. The maximum Gasteiger partial charge on any atom is 0.319 e. The summed E-state index contributed by atoms with van der Waals surface area (Å²) in [5.41, 5.74) is 2.06. The van der Waals surface area contributed by atoms with Gasteiger partial charge in [-0.1, -0.05) is 30.3 Å². The van der Waals surface area contributed by atoms with E-state index in [9.17, 15) is 38.4 Å². The Morgan fingerprint density at radius 1 is 1.00 bits per heavy atom. The summed E-state index contributed by atoms with van der Waals surface area (Å²) in [7, 11) is -3.87. The van der Waals surface area contributed by atoms with Crippen LogP contribution in [0, 0.1) is 0 Å². The first-order chi connectivity index (χ1) is 24.4. The van der Waals surface area contributed by atoms with Gasteiger partial charge in [-0.05, 0) is 49.1 Å². The maximum absolute atomic E-state index is 12.8. The highest BCUT2D eigenvalue weighted by molar-refractivity contribution is 7.89. The number of imidazole rings is 1. The number of aliphatic hydroxyl groups excluding tert-OH is 4. The maximum atomic E-state index is 12.8. The van der Waals surface area contributed by atoms with Crippen molar-refractivity contribution < 1.29 is 38.4 Å². The number of primary sulfonamides is 1. The molecule has 6 rings (SSSR count). The molecule has 1 saturated heterocycles. The highest BCUT2D eigenvalue weighted by atomic mass is 32.2. The molecule has 0 bridgehead atoms. The molecular weight excluding hydrogens is 684 g/mol. The first-order valence-electron chi connectivity index (χ1n) is 16.3. The van der Waals surface area contributed by atoms with Crippen molar-refractivity contribution in [3.8, 4) is 0 Å². The van der Waals surface area contributed by atoms with Crippen LogP contribution in [-0.2, 0) is 21.2 Å². The van der Waals surface area contributed by atoms with E-state index < -0.39 is 58.9 Å². The number of fused-ring (bicyclic) bond motifs is 1. The quantitative estimate of drug-likeness (QED) is 0.0853. The van der Waals surface area contributed by atoms with Gasteiger partial charge < -0.3 is 51.2 Å². The summed E-state index contributed by atoms with van der Waals surface area (Å²) in [6.45, 7) is -0.170. The highest BCUT2D eigenvalue weighted by Gasteiger charge is 2.44. The highest BCUT2D eigenvalue weighted by Crippen LogP contribution is 2.35. The normalized spacial score (nSPS) is 22.5. The number of urea groups is 1.